The molecule has 0 aromatic heterocycles. The second-order valence-electron chi connectivity index (χ2n) is 5.61. The summed E-state index contributed by atoms with van der Waals surface area (Å²) in [6.07, 6.45) is -0.739. The average molecular weight is 299 g/mol. The molecule has 2 N–H and O–H groups in total. The molecule has 0 spiro atoms. The van der Waals surface area contributed by atoms with Crippen molar-refractivity contribution in [2.75, 3.05) is 13.2 Å². The van der Waals surface area contributed by atoms with Crippen LogP contribution in [0.3, 0.4) is 0 Å². The van der Waals surface area contributed by atoms with Gasteiger partial charge in [0.25, 0.3) is 0 Å². The summed E-state index contributed by atoms with van der Waals surface area (Å²) >= 11 is 0. The molecule has 0 aliphatic rings. The number of ether oxygens (including phenoxy) is 2. The van der Waals surface area contributed by atoms with Gasteiger partial charge >= 0.3 is 0 Å². The molecule has 1 aromatic carbocycles. The molecule has 0 radical (unpaired) electrons. The maximum Gasteiger partial charge on any atom is 0.165 e. The molecule has 0 fully saturated rings. The molecule has 1 atom stereocenters. The molecule has 0 saturated heterocycles. The van der Waals surface area contributed by atoms with Crippen LogP contribution < -0.4 is 10.1 Å². The minimum atomic E-state index is -0.780. The lowest BCUT2D eigenvalue weighted by atomic mass is 10.2. The molecule has 120 valence electrons. The number of hydrogen-bond donors (Lipinski definition) is 2. The highest BCUT2D eigenvalue weighted by atomic mass is 19.1. The molecular weight excluding hydrogens is 273 g/mol. The van der Waals surface area contributed by atoms with E-state index in [2.05, 4.69) is 5.32 Å². The van der Waals surface area contributed by atoms with E-state index < -0.39 is 11.9 Å². The van der Waals surface area contributed by atoms with Crippen LogP contribution in [0.25, 0.3) is 0 Å². The second kappa shape index (κ2) is 8.97. The Kier molecular flexibility index (Phi) is 7.64. The lowest BCUT2D eigenvalue weighted by Gasteiger charge is -2.17. The van der Waals surface area contributed by atoms with Gasteiger partial charge in [-0.1, -0.05) is 26.0 Å². The van der Waals surface area contributed by atoms with Crippen molar-refractivity contribution < 1.29 is 19.0 Å². The maximum atomic E-state index is 13.9. The largest absolute Gasteiger partial charge is 0.487 e. The van der Waals surface area contributed by atoms with Gasteiger partial charge < -0.3 is 19.9 Å². The van der Waals surface area contributed by atoms with Crippen molar-refractivity contribution in [2.24, 2.45) is 0 Å². The number of para-hydroxylation sites is 1. The molecule has 1 rings (SSSR count). The number of halogens is 1. The number of nitrogens with one attached hydrogen (secondary N) is 1. The van der Waals surface area contributed by atoms with E-state index in [0.717, 1.165) is 5.56 Å². The molecule has 21 heavy (non-hydrogen) atoms. The van der Waals surface area contributed by atoms with Crippen LogP contribution in [-0.4, -0.2) is 36.6 Å². The predicted molar refractivity (Wildman–Crippen MR) is 81.0 cm³/mol. The minimum absolute atomic E-state index is 0.00231. The van der Waals surface area contributed by atoms with Crippen LogP contribution in [0.2, 0.25) is 0 Å². The van der Waals surface area contributed by atoms with Gasteiger partial charge in [-0.25, -0.2) is 4.39 Å². The van der Waals surface area contributed by atoms with E-state index in [1.54, 1.807) is 6.07 Å². The average Bonchev–Trinajstić information content (AvgIpc) is 2.41. The van der Waals surface area contributed by atoms with Crippen molar-refractivity contribution >= 4 is 0 Å². The van der Waals surface area contributed by atoms with Crippen molar-refractivity contribution in [2.45, 2.75) is 52.5 Å². The summed E-state index contributed by atoms with van der Waals surface area (Å²) in [7, 11) is 0. The topological polar surface area (TPSA) is 50.7 Å². The van der Waals surface area contributed by atoms with Crippen LogP contribution >= 0.6 is 0 Å². The van der Waals surface area contributed by atoms with Crippen molar-refractivity contribution in [1.29, 1.82) is 0 Å². The van der Waals surface area contributed by atoms with Crippen LogP contribution in [-0.2, 0) is 11.3 Å². The molecule has 0 heterocycles. The quantitative estimate of drug-likeness (QED) is 0.735. The third-order valence-corrected chi connectivity index (χ3v) is 2.79. The number of benzene rings is 1. The summed E-state index contributed by atoms with van der Waals surface area (Å²) in [5.41, 5.74) is 0.737. The SMILES string of the molecule is CC(C)NCc1cccc(F)c1OCC(O)COC(C)C. The highest BCUT2D eigenvalue weighted by molar-refractivity contribution is 5.35. The lowest BCUT2D eigenvalue weighted by molar-refractivity contribution is -0.0129. The van der Waals surface area contributed by atoms with E-state index in [0.29, 0.717) is 12.6 Å². The fourth-order valence-electron chi connectivity index (χ4n) is 1.70. The molecule has 0 aliphatic heterocycles. The van der Waals surface area contributed by atoms with Gasteiger partial charge in [0.15, 0.2) is 11.6 Å². The number of hydrogen-bond acceptors (Lipinski definition) is 4. The first-order valence-electron chi connectivity index (χ1n) is 7.33. The van der Waals surface area contributed by atoms with E-state index >= 15 is 0 Å². The van der Waals surface area contributed by atoms with Gasteiger partial charge in [-0.05, 0) is 19.9 Å². The molecular formula is C16H26FNO3. The fraction of sp³-hybridized carbons (Fsp3) is 0.625. The Hall–Kier alpha value is -1.17. The van der Waals surface area contributed by atoms with Gasteiger partial charge in [0.05, 0.1) is 12.7 Å². The summed E-state index contributed by atoms with van der Waals surface area (Å²) < 4.78 is 24.6. The lowest BCUT2D eigenvalue weighted by Crippen LogP contribution is -2.26. The first-order valence-corrected chi connectivity index (χ1v) is 7.33. The third kappa shape index (κ3) is 6.89. The van der Waals surface area contributed by atoms with Crippen LogP contribution in [0.5, 0.6) is 5.75 Å². The molecule has 1 aromatic rings. The first kappa shape index (κ1) is 17.9. The van der Waals surface area contributed by atoms with E-state index in [1.807, 2.05) is 33.8 Å². The normalized spacial score (nSPS) is 13.0. The Morgan fingerprint density at radius 2 is 1.90 bits per heavy atom. The van der Waals surface area contributed by atoms with E-state index in [4.69, 9.17) is 9.47 Å². The van der Waals surface area contributed by atoms with Crippen molar-refractivity contribution in [3.63, 3.8) is 0 Å². The number of rotatable bonds is 9. The molecule has 0 aliphatic carbocycles. The van der Waals surface area contributed by atoms with Gasteiger partial charge in [0.2, 0.25) is 0 Å². The monoisotopic (exact) mass is 299 g/mol. The Morgan fingerprint density at radius 1 is 1.19 bits per heavy atom. The van der Waals surface area contributed by atoms with Gasteiger partial charge in [0.1, 0.15) is 12.7 Å². The number of aliphatic hydroxyl groups is 1. The number of aliphatic hydroxyl groups excluding tert-OH is 1. The Morgan fingerprint density at radius 3 is 2.52 bits per heavy atom. The molecule has 4 nitrogen and oxygen atoms in total. The fourth-order valence-corrected chi connectivity index (χ4v) is 1.70. The zero-order chi connectivity index (χ0) is 15.8. The van der Waals surface area contributed by atoms with Crippen LogP contribution in [0.15, 0.2) is 18.2 Å². The minimum Gasteiger partial charge on any atom is -0.487 e. The Labute approximate surface area is 126 Å². The van der Waals surface area contributed by atoms with Gasteiger partial charge in [0, 0.05) is 18.2 Å². The van der Waals surface area contributed by atoms with Crippen molar-refractivity contribution in [1.82, 2.24) is 5.32 Å². The summed E-state index contributed by atoms with van der Waals surface area (Å²) in [5.74, 6) is -0.232. The molecule has 5 heteroatoms. The van der Waals surface area contributed by atoms with Gasteiger partial charge in [-0.15, -0.1) is 0 Å². The second-order valence-corrected chi connectivity index (χ2v) is 5.61. The van der Waals surface area contributed by atoms with Crippen molar-refractivity contribution in [3.8, 4) is 5.75 Å². The standard InChI is InChI=1S/C16H26FNO3/c1-11(2)18-8-13-6-5-7-15(17)16(13)21-10-14(19)9-20-12(3)4/h5-7,11-12,14,18-19H,8-10H2,1-4H3. The first-order chi connectivity index (χ1) is 9.90. The Balaban J connectivity index is 2.60. The van der Waals surface area contributed by atoms with E-state index in [9.17, 15) is 9.50 Å². The van der Waals surface area contributed by atoms with Gasteiger partial charge in [-0.2, -0.15) is 0 Å². The molecule has 0 saturated carbocycles. The van der Waals surface area contributed by atoms with E-state index in [1.165, 1.54) is 6.07 Å². The summed E-state index contributed by atoms with van der Waals surface area (Å²) in [5, 5.41) is 13.0. The van der Waals surface area contributed by atoms with Gasteiger partial charge in [-0.3, -0.25) is 0 Å². The smallest absolute Gasteiger partial charge is 0.165 e. The Bertz CT molecular complexity index is 424. The molecule has 1 unspecified atom stereocenters. The molecule has 0 bridgehead atoms. The molecule has 0 amide bonds. The zero-order valence-electron chi connectivity index (χ0n) is 13.2. The van der Waals surface area contributed by atoms with Crippen molar-refractivity contribution in [3.05, 3.63) is 29.6 Å². The van der Waals surface area contributed by atoms with Crippen LogP contribution in [0, 0.1) is 5.82 Å². The van der Waals surface area contributed by atoms with E-state index in [-0.39, 0.29) is 25.1 Å². The van der Waals surface area contributed by atoms with Crippen LogP contribution in [0.4, 0.5) is 4.39 Å². The highest BCUT2D eigenvalue weighted by Gasteiger charge is 2.13. The third-order valence-electron chi connectivity index (χ3n) is 2.79. The summed E-state index contributed by atoms with van der Waals surface area (Å²) in [6, 6.07) is 5.11. The summed E-state index contributed by atoms with van der Waals surface area (Å²) in [6.45, 7) is 8.51. The predicted octanol–water partition coefficient (Wildman–Crippen LogP) is 2.49. The highest BCUT2D eigenvalue weighted by Crippen LogP contribution is 2.23. The summed E-state index contributed by atoms with van der Waals surface area (Å²) in [4.78, 5) is 0. The zero-order valence-corrected chi connectivity index (χ0v) is 13.2. The van der Waals surface area contributed by atoms with Crippen LogP contribution in [0.1, 0.15) is 33.3 Å². The maximum absolute atomic E-state index is 13.9.